The van der Waals surface area contributed by atoms with Crippen LogP contribution in [0.25, 0.3) is 0 Å². The maximum absolute atomic E-state index is 9.91. The third kappa shape index (κ3) is 7.26. The molecule has 1 heterocycles. The summed E-state index contributed by atoms with van der Waals surface area (Å²) in [7, 11) is 0. The summed E-state index contributed by atoms with van der Waals surface area (Å²) < 4.78 is 4.40. The first-order valence-electron chi connectivity index (χ1n) is 4.04. The molecule has 0 aromatic carbocycles. The minimum absolute atomic E-state index is 0.296. The van der Waals surface area contributed by atoms with Gasteiger partial charge in [0.1, 0.15) is 12.6 Å². The number of carbonyl (C=O) groups excluding carboxylic acids is 1. The van der Waals surface area contributed by atoms with Crippen molar-refractivity contribution in [2.24, 2.45) is 5.73 Å². The summed E-state index contributed by atoms with van der Waals surface area (Å²) in [5.74, 6) is -2.50. The summed E-state index contributed by atoms with van der Waals surface area (Å²) in [4.78, 5) is 29.5. The highest BCUT2D eigenvalue weighted by molar-refractivity contribution is 5.80. The summed E-state index contributed by atoms with van der Waals surface area (Å²) in [6, 6.07) is -1.29. The van der Waals surface area contributed by atoms with Gasteiger partial charge < -0.3 is 26.0 Å². The molecule has 15 heavy (non-hydrogen) atoms. The van der Waals surface area contributed by atoms with Crippen molar-refractivity contribution in [2.75, 3.05) is 13.2 Å². The monoisotopic (exact) mass is 220 g/mol. The number of nitrogens with two attached hydrogens (primary N) is 1. The predicted molar refractivity (Wildman–Crippen MR) is 47.2 cm³/mol. The van der Waals surface area contributed by atoms with Gasteiger partial charge in [-0.05, 0) is 0 Å². The number of amides is 1. The van der Waals surface area contributed by atoms with Gasteiger partial charge in [0.2, 0.25) is 0 Å². The molecule has 0 aromatic heterocycles. The van der Waals surface area contributed by atoms with Crippen LogP contribution in [0.15, 0.2) is 0 Å². The highest BCUT2D eigenvalue weighted by Gasteiger charge is 2.14. The van der Waals surface area contributed by atoms with E-state index < -0.39 is 24.4 Å². The van der Waals surface area contributed by atoms with Crippen LogP contribution in [0.5, 0.6) is 0 Å². The number of hydrogen-bond acceptors (Lipinski definition) is 5. The van der Waals surface area contributed by atoms with Crippen molar-refractivity contribution in [3.05, 3.63) is 0 Å². The highest BCUT2D eigenvalue weighted by atomic mass is 16.6. The van der Waals surface area contributed by atoms with E-state index in [-0.39, 0.29) is 6.09 Å². The van der Waals surface area contributed by atoms with E-state index >= 15 is 0 Å². The molecule has 1 rings (SSSR count). The average Bonchev–Trinajstić information content (AvgIpc) is 2.55. The maximum Gasteiger partial charge on any atom is 0.407 e. The molecule has 86 valence electrons. The van der Waals surface area contributed by atoms with Crippen molar-refractivity contribution < 1.29 is 29.3 Å². The molecule has 8 heteroatoms. The quantitative estimate of drug-likeness (QED) is 0.458. The lowest BCUT2D eigenvalue weighted by Gasteiger charge is -1.99. The molecule has 1 aliphatic heterocycles. The maximum atomic E-state index is 9.91. The fourth-order valence-electron chi connectivity index (χ4n) is 0.623. The number of nitrogens with one attached hydrogen (secondary N) is 1. The number of ether oxygens (including phenoxy) is 1. The van der Waals surface area contributed by atoms with Crippen LogP contribution >= 0.6 is 0 Å². The van der Waals surface area contributed by atoms with Crippen LogP contribution in [0.1, 0.15) is 6.42 Å². The van der Waals surface area contributed by atoms with E-state index in [1.54, 1.807) is 0 Å². The molecule has 0 radical (unpaired) electrons. The number of aliphatic carboxylic acids is 2. The first-order chi connectivity index (χ1) is 6.93. The van der Waals surface area contributed by atoms with Crippen LogP contribution in [0, 0.1) is 0 Å². The van der Waals surface area contributed by atoms with E-state index in [0.717, 1.165) is 0 Å². The second-order valence-corrected chi connectivity index (χ2v) is 2.61. The van der Waals surface area contributed by atoms with Crippen LogP contribution < -0.4 is 11.1 Å². The lowest BCUT2D eigenvalue weighted by atomic mass is 10.2. The van der Waals surface area contributed by atoms with Gasteiger partial charge in [0.25, 0.3) is 0 Å². The Morgan fingerprint density at radius 1 is 1.53 bits per heavy atom. The number of carboxylic acids is 2. The molecule has 0 bridgehead atoms. The third-order valence-electron chi connectivity index (χ3n) is 1.32. The molecule has 1 amide bonds. The fourth-order valence-corrected chi connectivity index (χ4v) is 0.623. The lowest BCUT2D eigenvalue weighted by molar-refractivity contribution is -0.144. The normalized spacial score (nSPS) is 15.4. The van der Waals surface area contributed by atoms with E-state index in [2.05, 4.69) is 10.1 Å². The second kappa shape index (κ2) is 6.60. The molecule has 5 N–H and O–H groups in total. The van der Waals surface area contributed by atoms with Gasteiger partial charge in [-0.15, -0.1) is 0 Å². The molecule has 1 saturated heterocycles. The number of alkyl carbamates (subject to hydrolysis) is 1. The molecule has 8 nitrogen and oxygen atoms in total. The standard InChI is InChI=1S/C4H7NO4.C3H5NO2/c5-2(4(8)9)1-3(6)7;5-3-4-1-2-6-3/h2H,1,5H2,(H,6,7)(H,8,9);1-2H2,(H,4,5). The molecule has 0 aromatic rings. The molecular formula is C7H12N2O6. The van der Waals surface area contributed by atoms with E-state index in [1.807, 2.05) is 0 Å². The van der Waals surface area contributed by atoms with Crippen LogP contribution in [-0.2, 0) is 14.3 Å². The van der Waals surface area contributed by atoms with Crippen molar-refractivity contribution in [1.82, 2.24) is 5.32 Å². The Morgan fingerprint density at radius 2 is 2.13 bits per heavy atom. The molecule has 0 aliphatic carbocycles. The zero-order chi connectivity index (χ0) is 11.8. The van der Waals surface area contributed by atoms with Crippen LogP contribution in [0.4, 0.5) is 4.79 Å². The Morgan fingerprint density at radius 3 is 2.27 bits per heavy atom. The van der Waals surface area contributed by atoms with Gasteiger partial charge in [-0.2, -0.15) is 0 Å². The smallest absolute Gasteiger partial charge is 0.407 e. The van der Waals surface area contributed by atoms with Crippen molar-refractivity contribution >= 4 is 18.0 Å². The van der Waals surface area contributed by atoms with Gasteiger partial charge in [0.15, 0.2) is 0 Å². The van der Waals surface area contributed by atoms with Crippen molar-refractivity contribution in [1.29, 1.82) is 0 Å². The molecule has 1 aliphatic rings. The first-order valence-corrected chi connectivity index (χ1v) is 4.04. The minimum Gasteiger partial charge on any atom is -0.481 e. The number of hydrogen-bond donors (Lipinski definition) is 4. The molecule has 1 fully saturated rings. The SMILES string of the molecule is NC(CC(=O)O)C(=O)O.O=C1NCCO1. The third-order valence-corrected chi connectivity index (χ3v) is 1.32. The zero-order valence-electron chi connectivity index (χ0n) is 7.80. The minimum atomic E-state index is -1.29. The largest absolute Gasteiger partial charge is 0.481 e. The van der Waals surface area contributed by atoms with E-state index in [4.69, 9.17) is 15.9 Å². The summed E-state index contributed by atoms with van der Waals surface area (Å²) >= 11 is 0. The lowest BCUT2D eigenvalue weighted by Crippen LogP contribution is -2.32. The van der Waals surface area contributed by atoms with Crippen LogP contribution in [0.3, 0.4) is 0 Å². The summed E-state index contributed by atoms with van der Waals surface area (Å²) in [6.07, 6.45) is -0.829. The zero-order valence-corrected chi connectivity index (χ0v) is 7.80. The summed E-state index contributed by atoms with van der Waals surface area (Å²) in [6.45, 7) is 1.19. The number of carbonyl (C=O) groups is 3. The molecule has 0 spiro atoms. The number of cyclic esters (lactones) is 1. The summed E-state index contributed by atoms with van der Waals surface area (Å²) in [5.41, 5.74) is 4.84. The van der Waals surface area contributed by atoms with Crippen LogP contribution in [-0.4, -0.2) is 47.4 Å². The fraction of sp³-hybridized carbons (Fsp3) is 0.571. The van der Waals surface area contributed by atoms with E-state index in [9.17, 15) is 14.4 Å². The van der Waals surface area contributed by atoms with Gasteiger partial charge >= 0.3 is 18.0 Å². The molecule has 0 saturated carbocycles. The Kier molecular flexibility index (Phi) is 5.79. The van der Waals surface area contributed by atoms with Gasteiger partial charge in [0, 0.05) is 0 Å². The van der Waals surface area contributed by atoms with Gasteiger partial charge in [0.05, 0.1) is 13.0 Å². The Hall–Kier alpha value is -1.83. The average molecular weight is 220 g/mol. The van der Waals surface area contributed by atoms with E-state index in [1.165, 1.54) is 0 Å². The molecule has 1 unspecified atom stereocenters. The Bertz CT molecular complexity index is 246. The predicted octanol–water partition coefficient (Wildman–Crippen LogP) is -1.40. The second-order valence-electron chi connectivity index (χ2n) is 2.61. The van der Waals surface area contributed by atoms with Gasteiger partial charge in [-0.25, -0.2) is 4.79 Å². The number of carboxylic acid groups (broad SMARTS) is 2. The van der Waals surface area contributed by atoms with E-state index in [0.29, 0.717) is 13.2 Å². The number of rotatable bonds is 3. The Labute approximate surface area is 85.0 Å². The first kappa shape index (κ1) is 13.2. The summed E-state index contributed by atoms with van der Waals surface area (Å²) in [5, 5.41) is 18.5. The van der Waals surface area contributed by atoms with Gasteiger partial charge in [-0.1, -0.05) is 0 Å². The Balaban J connectivity index is 0.000000280. The molecule has 1 atom stereocenters. The van der Waals surface area contributed by atoms with Gasteiger partial charge in [-0.3, -0.25) is 9.59 Å². The van der Waals surface area contributed by atoms with Crippen LogP contribution in [0.2, 0.25) is 0 Å². The topological polar surface area (TPSA) is 139 Å². The van der Waals surface area contributed by atoms with Crippen molar-refractivity contribution in [3.63, 3.8) is 0 Å². The van der Waals surface area contributed by atoms with Crippen molar-refractivity contribution in [2.45, 2.75) is 12.5 Å². The molecular weight excluding hydrogens is 208 g/mol. The van der Waals surface area contributed by atoms with Crippen molar-refractivity contribution in [3.8, 4) is 0 Å². The highest BCUT2D eigenvalue weighted by Crippen LogP contribution is 1.86.